The Morgan fingerprint density at radius 3 is 2.92 bits per heavy atom. The third kappa shape index (κ3) is 1.70. The fraction of sp³-hybridized carbons (Fsp3) is 0.250. The highest BCUT2D eigenvalue weighted by Crippen LogP contribution is 2.71. The molecule has 1 saturated heterocycles. The standard InChI is InChI=1S/C20H16N4O2/c21-10-14-15-11-24(19(25)26)18(20(14,15)16-6-1-2-8-22-16)13-5-3-4-12-7-9-23-17(12)13/h1-9,14-15,18,23H,11H2,(H,25,26). The number of fused-ring (bicyclic) bond motifs is 2. The van der Waals surface area contributed by atoms with E-state index in [9.17, 15) is 15.2 Å². The zero-order valence-corrected chi connectivity index (χ0v) is 13.8. The van der Waals surface area contributed by atoms with Gasteiger partial charge in [0.15, 0.2) is 0 Å². The molecule has 0 spiro atoms. The van der Waals surface area contributed by atoms with Gasteiger partial charge in [0.2, 0.25) is 0 Å². The van der Waals surface area contributed by atoms with Crippen LogP contribution in [0.4, 0.5) is 4.79 Å². The van der Waals surface area contributed by atoms with Crippen LogP contribution in [-0.4, -0.2) is 32.6 Å². The number of H-pyrrole nitrogens is 1. The van der Waals surface area contributed by atoms with E-state index < -0.39 is 17.6 Å². The summed E-state index contributed by atoms with van der Waals surface area (Å²) < 4.78 is 0. The van der Waals surface area contributed by atoms with Gasteiger partial charge >= 0.3 is 6.09 Å². The molecule has 3 heterocycles. The number of nitrogens with one attached hydrogen (secondary N) is 1. The second kappa shape index (κ2) is 5.09. The predicted octanol–water partition coefficient (Wildman–Crippen LogP) is 3.31. The van der Waals surface area contributed by atoms with E-state index in [1.807, 2.05) is 48.7 Å². The van der Waals surface area contributed by atoms with Crippen molar-refractivity contribution in [2.75, 3.05) is 6.54 Å². The normalized spacial score (nSPS) is 29.3. The number of likely N-dealkylation sites (tertiary alicyclic amines) is 1. The maximum absolute atomic E-state index is 12.0. The first kappa shape index (κ1) is 15.0. The van der Waals surface area contributed by atoms with E-state index in [1.165, 1.54) is 4.90 Å². The average Bonchev–Trinajstić information content (AvgIpc) is 2.99. The summed E-state index contributed by atoms with van der Waals surface area (Å²) in [4.78, 5) is 21.3. The number of nitrogens with zero attached hydrogens (tertiary/aromatic N) is 3. The highest BCUT2D eigenvalue weighted by atomic mass is 16.4. The summed E-state index contributed by atoms with van der Waals surface area (Å²) in [6.45, 7) is 0.353. The van der Waals surface area contributed by atoms with Gasteiger partial charge in [0.05, 0.1) is 34.7 Å². The molecule has 1 amide bonds. The summed E-state index contributed by atoms with van der Waals surface area (Å²) in [5, 5.41) is 20.6. The molecule has 0 radical (unpaired) electrons. The average molecular weight is 344 g/mol. The Morgan fingerprint density at radius 2 is 2.19 bits per heavy atom. The quantitative estimate of drug-likeness (QED) is 0.746. The zero-order chi connectivity index (χ0) is 17.9. The fourth-order valence-electron chi connectivity index (χ4n) is 4.94. The summed E-state index contributed by atoms with van der Waals surface area (Å²) in [5.74, 6) is -0.267. The van der Waals surface area contributed by atoms with Crippen molar-refractivity contribution in [2.24, 2.45) is 11.8 Å². The third-order valence-corrected chi connectivity index (χ3v) is 5.99. The summed E-state index contributed by atoms with van der Waals surface area (Å²) in [7, 11) is 0. The van der Waals surface area contributed by atoms with Gasteiger partial charge in [0, 0.05) is 24.9 Å². The Hall–Kier alpha value is -3.33. The van der Waals surface area contributed by atoms with Gasteiger partial charge in [0.1, 0.15) is 0 Å². The van der Waals surface area contributed by atoms with E-state index in [0.717, 1.165) is 22.2 Å². The number of benzene rings is 1. The molecule has 2 aromatic heterocycles. The van der Waals surface area contributed by atoms with Gasteiger partial charge in [-0.15, -0.1) is 0 Å². The predicted molar refractivity (Wildman–Crippen MR) is 94.3 cm³/mol. The van der Waals surface area contributed by atoms with Crippen molar-refractivity contribution in [3.8, 4) is 6.07 Å². The first-order valence-corrected chi connectivity index (χ1v) is 8.56. The van der Waals surface area contributed by atoms with Crippen LogP contribution in [0.15, 0.2) is 54.9 Å². The van der Waals surface area contributed by atoms with Gasteiger partial charge in [-0.1, -0.05) is 24.3 Å². The molecule has 6 nitrogen and oxygen atoms in total. The molecule has 5 rings (SSSR count). The molecule has 2 aliphatic rings. The number of hydrogen-bond acceptors (Lipinski definition) is 3. The van der Waals surface area contributed by atoms with Gasteiger partial charge < -0.3 is 10.1 Å². The number of carboxylic acid groups (broad SMARTS) is 1. The van der Waals surface area contributed by atoms with Gasteiger partial charge in [-0.3, -0.25) is 9.88 Å². The Bertz CT molecular complexity index is 1050. The molecule has 1 aliphatic heterocycles. The van der Waals surface area contributed by atoms with Crippen molar-refractivity contribution < 1.29 is 9.90 Å². The fourth-order valence-corrected chi connectivity index (χ4v) is 4.94. The Labute approximate surface area is 149 Å². The monoisotopic (exact) mass is 344 g/mol. The molecule has 0 bridgehead atoms. The van der Waals surface area contributed by atoms with Crippen LogP contribution in [0.5, 0.6) is 0 Å². The molecule has 2 N–H and O–H groups in total. The number of rotatable bonds is 2. The lowest BCUT2D eigenvalue weighted by Gasteiger charge is -2.31. The summed E-state index contributed by atoms with van der Waals surface area (Å²) in [5.41, 5.74) is 2.03. The number of piperidine rings is 1. The minimum absolute atomic E-state index is 0.0336. The minimum atomic E-state index is -0.960. The second-order valence-corrected chi connectivity index (χ2v) is 6.99. The van der Waals surface area contributed by atoms with Crippen LogP contribution >= 0.6 is 0 Å². The van der Waals surface area contributed by atoms with E-state index in [2.05, 4.69) is 16.0 Å². The minimum Gasteiger partial charge on any atom is -0.465 e. The number of carbonyl (C=O) groups is 1. The van der Waals surface area contributed by atoms with Crippen molar-refractivity contribution >= 4 is 17.0 Å². The van der Waals surface area contributed by atoms with Crippen LogP contribution < -0.4 is 0 Å². The summed E-state index contributed by atoms with van der Waals surface area (Å²) >= 11 is 0. The van der Waals surface area contributed by atoms with Crippen LogP contribution in [0, 0.1) is 23.2 Å². The number of hydrogen-bond donors (Lipinski definition) is 2. The van der Waals surface area contributed by atoms with Crippen LogP contribution in [0.1, 0.15) is 17.3 Å². The molecule has 1 saturated carbocycles. The molecule has 26 heavy (non-hydrogen) atoms. The number of pyridine rings is 1. The van der Waals surface area contributed by atoms with Crippen molar-refractivity contribution in [3.63, 3.8) is 0 Å². The Morgan fingerprint density at radius 1 is 1.31 bits per heavy atom. The molecule has 2 fully saturated rings. The number of aromatic amines is 1. The van der Waals surface area contributed by atoms with E-state index in [-0.39, 0.29) is 11.8 Å². The van der Waals surface area contributed by atoms with Crippen LogP contribution in [0.25, 0.3) is 10.9 Å². The van der Waals surface area contributed by atoms with Crippen molar-refractivity contribution in [3.05, 3.63) is 66.1 Å². The zero-order valence-electron chi connectivity index (χ0n) is 13.8. The van der Waals surface area contributed by atoms with Gasteiger partial charge in [-0.2, -0.15) is 5.26 Å². The van der Waals surface area contributed by atoms with Crippen molar-refractivity contribution in [1.29, 1.82) is 5.26 Å². The van der Waals surface area contributed by atoms with E-state index in [4.69, 9.17) is 0 Å². The maximum atomic E-state index is 12.0. The number of para-hydroxylation sites is 1. The smallest absolute Gasteiger partial charge is 0.407 e. The van der Waals surface area contributed by atoms with Crippen molar-refractivity contribution in [1.82, 2.24) is 14.9 Å². The maximum Gasteiger partial charge on any atom is 0.407 e. The highest BCUT2D eigenvalue weighted by Gasteiger charge is 2.77. The lowest BCUT2D eigenvalue weighted by Crippen LogP contribution is -2.37. The molecule has 1 aromatic carbocycles. The van der Waals surface area contributed by atoms with E-state index >= 15 is 0 Å². The van der Waals surface area contributed by atoms with Crippen molar-refractivity contribution in [2.45, 2.75) is 11.5 Å². The molecule has 3 aromatic rings. The topological polar surface area (TPSA) is 93.0 Å². The molecule has 4 unspecified atom stereocenters. The number of nitriles is 1. The summed E-state index contributed by atoms with van der Waals surface area (Å²) in [6, 6.07) is 15.5. The largest absolute Gasteiger partial charge is 0.465 e. The first-order valence-electron chi connectivity index (χ1n) is 8.56. The Balaban J connectivity index is 1.77. The second-order valence-electron chi connectivity index (χ2n) is 6.99. The van der Waals surface area contributed by atoms with E-state index in [1.54, 1.807) is 6.20 Å². The lowest BCUT2D eigenvalue weighted by molar-refractivity contribution is 0.126. The molecular formula is C20H16N4O2. The molecular weight excluding hydrogens is 328 g/mol. The van der Waals surface area contributed by atoms with Crippen LogP contribution in [0.2, 0.25) is 0 Å². The highest BCUT2D eigenvalue weighted by molar-refractivity contribution is 5.84. The molecule has 4 atom stereocenters. The number of aromatic nitrogens is 2. The summed E-state index contributed by atoms with van der Waals surface area (Å²) in [6.07, 6.45) is 2.61. The van der Waals surface area contributed by atoms with Crippen LogP contribution in [-0.2, 0) is 5.41 Å². The van der Waals surface area contributed by atoms with E-state index in [0.29, 0.717) is 6.54 Å². The van der Waals surface area contributed by atoms with Crippen LogP contribution in [0.3, 0.4) is 0 Å². The third-order valence-electron chi connectivity index (χ3n) is 5.99. The van der Waals surface area contributed by atoms with Gasteiger partial charge in [-0.05, 0) is 29.1 Å². The number of amides is 1. The molecule has 6 heteroatoms. The first-order chi connectivity index (χ1) is 12.7. The molecule has 1 aliphatic carbocycles. The SMILES string of the molecule is N#CC1C2CN(C(=O)O)C(c3cccc4cc[nH]c34)C12c1ccccn1. The Kier molecular flexibility index (Phi) is 2.93. The van der Waals surface area contributed by atoms with Gasteiger partial charge in [-0.25, -0.2) is 4.79 Å². The lowest BCUT2D eigenvalue weighted by atomic mass is 9.84. The van der Waals surface area contributed by atoms with Gasteiger partial charge in [0.25, 0.3) is 0 Å². The molecule has 128 valence electrons.